The van der Waals surface area contributed by atoms with Gasteiger partial charge in [-0.3, -0.25) is 9.48 Å². The summed E-state index contributed by atoms with van der Waals surface area (Å²) in [4.78, 5) is 16.5. The van der Waals surface area contributed by atoms with Gasteiger partial charge in [-0.15, -0.1) is 16.4 Å². The third kappa shape index (κ3) is 3.91. The number of aryl methyl sites for hydroxylation is 1. The third-order valence-corrected chi connectivity index (χ3v) is 4.42. The van der Waals surface area contributed by atoms with E-state index in [0.717, 1.165) is 23.4 Å². The lowest BCUT2D eigenvalue weighted by molar-refractivity contribution is 0.0948. The Bertz CT molecular complexity index is 763. The summed E-state index contributed by atoms with van der Waals surface area (Å²) >= 11 is 1.70. The van der Waals surface area contributed by atoms with Crippen LogP contribution in [0, 0.1) is 0 Å². The summed E-state index contributed by atoms with van der Waals surface area (Å²) in [5.74, 6) is -0.211. The van der Waals surface area contributed by atoms with Crippen LogP contribution in [0.4, 0.5) is 0 Å². The minimum atomic E-state index is -0.211. The summed E-state index contributed by atoms with van der Waals surface area (Å²) in [6.45, 7) is 1.60. The van der Waals surface area contributed by atoms with Gasteiger partial charge in [-0.05, 0) is 18.6 Å². The Kier molecular flexibility index (Phi) is 4.94. The number of nitrogens with one attached hydrogen (secondary N) is 1. The second-order valence-electron chi connectivity index (χ2n) is 5.09. The molecule has 0 spiro atoms. The van der Waals surface area contributed by atoms with Crippen molar-refractivity contribution in [1.29, 1.82) is 0 Å². The normalized spacial score (nSPS) is 11.0. The second kappa shape index (κ2) is 7.30. The zero-order valence-corrected chi connectivity index (χ0v) is 13.4. The number of hydrogen-bond acceptors (Lipinski definition) is 6. The molecule has 2 heterocycles. The van der Waals surface area contributed by atoms with Crippen LogP contribution in [0.15, 0.2) is 30.5 Å². The predicted molar refractivity (Wildman–Crippen MR) is 89.4 cm³/mol. The zero-order valence-electron chi connectivity index (χ0n) is 12.6. The van der Waals surface area contributed by atoms with E-state index >= 15 is 0 Å². The van der Waals surface area contributed by atoms with Crippen LogP contribution in [0.1, 0.15) is 21.9 Å². The molecule has 0 fully saturated rings. The first-order valence-electron chi connectivity index (χ1n) is 7.49. The molecule has 3 aromatic rings. The van der Waals surface area contributed by atoms with Gasteiger partial charge in [-0.2, -0.15) is 0 Å². The fourth-order valence-corrected chi connectivity index (χ4v) is 3.21. The van der Waals surface area contributed by atoms with Gasteiger partial charge in [0.1, 0.15) is 0 Å². The number of carbonyl (C=O) groups excluding carboxylic acids is 1. The largest absolute Gasteiger partial charge is 0.351 e. The minimum Gasteiger partial charge on any atom is -0.351 e. The first-order chi connectivity index (χ1) is 11.3. The maximum atomic E-state index is 11.9. The Balaban J connectivity index is 1.46. The lowest BCUT2D eigenvalue weighted by atomic mass is 10.3. The molecule has 0 aliphatic rings. The van der Waals surface area contributed by atoms with Crippen molar-refractivity contribution >= 4 is 27.5 Å². The number of para-hydroxylation sites is 1. The van der Waals surface area contributed by atoms with Crippen molar-refractivity contribution in [2.24, 2.45) is 5.73 Å². The van der Waals surface area contributed by atoms with Gasteiger partial charge in [-0.1, -0.05) is 17.3 Å². The molecule has 1 amide bonds. The Morgan fingerprint density at radius 2 is 2.22 bits per heavy atom. The highest BCUT2D eigenvalue weighted by atomic mass is 32.1. The summed E-state index contributed by atoms with van der Waals surface area (Å²) in [7, 11) is 0. The first-order valence-corrected chi connectivity index (χ1v) is 8.31. The zero-order chi connectivity index (χ0) is 16.1. The molecule has 1 aromatic carbocycles. The van der Waals surface area contributed by atoms with E-state index < -0.39 is 0 Å². The topological polar surface area (TPSA) is 98.7 Å². The van der Waals surface area contributed by atoms with Crippen molar-refractivity contribution < 1.29 is 4.79 Å². The number of carbonyl (C=O) groups is 1. The number of thiazole rings is 1. The molecule has 0 unspecified atom stereocenters. The molecular weight excluding hydrogens is 312 g/mol. The van der Waals surface area contributed by atoms with E-state index in [2.05, 4.69) is 26.7 Å². The number of rotatable bonds is 7. The highest BCUT2D eigenvalue weighted by molar-refractivity contribution is 7.18. The summed E-state index contributed by atoms with van der Waals surface area (Å²) < 4.78 is 2.76. The van der Waals surface area contributed by atoms with Crippen LogP contribution < -0.4 is 11.1 Å². The van der Waals surface area contributed by atoms with Gasteiger partial charge in [0.15, 0.2) is 5.69 Å². The Morgan fingerprint density at radius 3 is 3.04 bits per heavy atom. The van der Waals surface area contributed by atoms with Crippen molar-refractivity contribution in [3.63, 3.8) is 0 Å². The van der Waals surface area contributed by atoms with E-state index in [1.165, 1.54) is 4.70 Å². The van der Waals surface area contributed by atoms with Crippen molar-refractivity contribution in [3.05, 3.63) is 41.2 Å². The maximum Gasteiger partial charge on any atom is 0.273 e. The van der Waals surface area contributed by atoms with Crippen LogP contribution in [0.25, 0.3) is 10.2 Å². The van der Waals surface area contributed by atoms with Crippen LogP contribution in [-0.2, 0) is 13.0 Å². The Labute approximate surface area is 137 Å². The van der Waals surface area contributed by atoms with Crippen LogP contribution in [0.5, 0.6) is 0 Å². The molecule has 120 valence electrons. The minimum absolute atomic E-state index is 0.211. The molecule has 0 saturated heterocycles. The predicted octanol–water partition coefficient (Wildman–Crippen LogP) is 1.21. The number of benzene rings is 1. The van der Waals surface area contributed by atoms with Crippen molar-refractivity contribution in [1.82, 2.24) is 25.3 Å². The van der Waals surface area contributed by atoms with Crippen molar-refractivity contribution in [2.75, 3.05) is 13.1 Å². The molecule has 0 radical (unpaired) electrons. The number of amides is 1. The molecule has 3 rings (SSSR count). The molecule has 0 aliphatic carbocycles. The molecule has 8 heteroatoms. The molecule has 3 N–H and O–H groups in total. The van der Waals surface area contributed by atoms with Crippen LogP contribution in [0.3, 0.4) is 0 Å². The van der Waals surface area contributed by atoms with E-state index in [-0.39, 0.29) is 5.91 Å². The lowest BCUT2D eigenvalue weighted by Crippen LogP contribution is -2.25. The van der Waals surface area contributed by atoms with Gasteiger partial charge < -0.3 is 11.1 Å². The first kappa shape index (κ1) is 15.6. The third-order valence-electron chi connectivity index (χ3n) is 3.32. The van der Waals surface area contributed by atoms with E-state index in [9.17, 15) is 4.79 Å². The number of nitrogens with two attached hydrogens (primary N) is 1. The van der Waals surface area contributed by atoms with Gasteiger partial charge in [0.05, 0.1) is 28.0 Å². The lowest BCUT2D eigenvalue weighted by Gasteiger charge is -2.01. The molecule has 0 bridgehead atoms. The average Bonchev–Trinajstić information content (AvgIpc) is 3.18. The van der Waals surface area contributed by atoms with E-state index in [0.29, 0.717) is 25.3 Å². The van der Waals surface area contributed by atoms with E-state index in [1.807, 2.05) is 18.2 Å². The Hall–Kier alpha value is -2.32. The molecule has 23 heavy (non-hydrogen) atoms. The quantitative estimate of drug-likeness (QED) is 0.634. The van der Waals surface area contributed by atoms with Gasteiger partial charge in [0, 0.05) is 19.5 Å². The fraction of sp³-hybridized carbons (Fsp3) is 0.333. The van der Waals surface area contributed by atoms with Gasteiger partial charge in [-0.25, -0.2) is 4.98 Å². The smallest absolute Gasteiger partial charge is 0.273 e. The standard InChI is InChI=1S/C15H18N6OS/c16-7-9-21-10-12(19-20-21)15(22)17-8-3-6-14-18-11-4-1-2-5-13(11)23-14/h1-2,4-5,10H,3,6-9,16H2,(H,17,22). The maximum absolute atomic E-state index is 11.9. The van der Waals surface area contributed by atoms with Crippen molar-refractivity contribution in [3.8, 4) is 0 Å². The van der Waals surface area contributed by atoms with E-state index in [1.54, 1.807) is 22.2 Å². The SMILES string of the molecule is NCCn1cc(C(=O)NCCCc2nc3ccccc3s2)nn1. The number of aromatic nitrogens is 4. The number of fused-ring (bicyclic) bond motifs is 1. The molecule has 2 aromatic heterocycles. The highest BCUT2D eigenvalue weighted by Crippen LogP contribution is 2.22. The number of hydrogen-bond donors (Lipinski definition) is 2. The Morgan fingerprint density at radius 1 is 1.35 bits per heavy atom. The monoisotopic (exact) mass is 330 g/mol. The van der Waals surface area contributed by atoms with Gasteiger partial charge in [0.2, 0.25) is 0 Å². The van der Waals surface area contributed by atoms with Crippen LogP contribution in [-0.4, -0.2) is 39.0 Å². The van der Waals surface area contributed by atoms with E-state index in [4.69, 9.17) is 5.73 Å². The molecule has 0 aliphatic heterocycles. The summed E-state index contributed by atoms with van der Waals surface area (Å²) in [5, 5.41) is 11.6. The number of nitrogens with zero attached hydrogens (tertiary/aromatic N) is 4. The second-order valence-corrected chi connectivity index (χ2v) is 6.21. The van der Waals surface area contributed by atoms with Crippen LogP contribution in [0.2, 0.25) is 0 Å². The fourth-order valence-electron chi connectivity index (χ4n) is 2.20. The van der Waals surface area contributed by atoms with Gasteiger partial charge in [0.25, 0.3) is 5.91 Å². The molecule has 0 saturated carbocycles. The molecular formula is C15H18N6OS. The van der Waals surface area contributed by atoms with Gasteiger partial charge >= 0.3 is 0 Å². The molecule has 0 atom stereocenters. The average molecular weight is 330 g/mol. The molecule has 7 nitrogen and oxygen atoms in total. The van der Waals surface area contributed by atoms with Crippen molar-refractivity contribution in [2.45, 2.75) is 19.4 Å². The summed E-state index contributed by atoms with van der Waals surface area (Å²) in [6.07, 6.45) is 3.29. The highest BCUT2D eigenvalue weighted by Gasteiger charge is 2.10. The summed E-state index contributed by atoms with van der Waals surface area (Å²) in [5.41, 5.74) is 6.79. The van der Waals surface area contributed by atoms with Crippen LogP contribution >= 0.6 is 11.3 Å². The summed E-state index contributed by atoms with van der Waals surface area (Å²) in [6, 6.07) is 8.09.